The van der Waals surface area contributed by atoms with Gasteiger partial charge in [0, 0.05) is 54.6 Å². The van der Waals surface area contributed by atoms with Crippen LogP contribution in [0.3, 0.4) is 0 Å². The van der Waals surface area contributed by atoms with E-state index in [0.717, 1.165) is 29.3 Å². The second kappa shape index (κ2) is 10.6. The van der Waals surface area contributed by atoms with Gasteiger partial charge < -0.3 is 19.8 Å². The van der Waals surface area contributed by atoms with Gasteiger partial charge in [-0.1, -0.05) is 20.8 Å². The first kappa shape index (κ1) is 26.9. The van der Waals surface area contributed by atoms with Gasteiger partial charge in [-0.15, -0.1) is 0 Å². The molecule has 2 aromatic heterocycles. The van der Waals surface area contributed by atoms with Crippen molar-refractivity contribution < 1.29 is 18.0 Å². The molecule has 2 saturated heterocycles. The summed E-state index contributed by atoms with van der Waals surface area (Å²) in [6.45, 7) is 7.65. The largest absolute Gasteiger partial charge is 0.352 e. The number of hydrogen-bond acceptors (Lipinski definition) is 3. The summed E-state index contributed by atoms with van der Waals surface area (Å²) in [6.07, 6.45) is 1.83. The van der Waals surface area contributed by atoms with Crippen LogP contribution in [0.2, 0.25) is 0 Å². The van der Waals surface area contributed by atoms with Gasteiger partial charge in [-0.2, -0.15) is 0 Å². The zero-order valence-corrected chi connectivity index (χ0v) is 23.2. The molecule has 40 heavy (non-hydrogen) atoms. The van der Waals surface area contributed by atoms with Crippen LogP contribution >= 0.6 is 0 Å². The van der Waals surface area contributed by atoms with E-state index in [1.807, 2.05) is 11.8 Å². The van der Waals surface area contributed by atoms with E-state index in [4.69, 9.17) is 4.98 Å². The monoisotopic (exact) mass is 551 g/mol. The van der Waals surface area contributed by atoms with E-state index in [2.05, 4.69) is 28.7 Å². The maximum absolute atomic E-state index is 14.3. The molecule has 6 rings (SSSR count). The lowest BCUT2D eigenvalue weighted by molar-refractivity contribution is -0.137. The van der Waals surface area contributed by atoms with Crippen molar-refractivity contribution in [1.82, 2.24) is 24.8 Å². The predicted octanol–water partition coefficient (Wildman–Crippen LogP) is 5.99. The molecule has 1 amide bonds. The van der Waals surface area contributed by atoms with Crippen molar-refractivity contribution in [3.8, 4) is 11.5 Å². The summed E-state index contributed by atoms with van der Waals surface area (Å²) >= 11 is 0. The number of likely N-dealkylation sites (tertiary alicyclic amines) is 1. The van der Waals surface area contributed by atoms with E-state index in [1.54, 1.807) is 12.1 Å². The summed E-state index contributed by atoms with van der Waals surface area (Å²) in [5.74, 6) is 0.188. The normalized spacial score (nSPS) is 22.3. The van der Waals surface area contributed by atoms with E-state index < -0.39 is 6.17 Å². The lowest BCUT2D eigenvalue weighted by atomic mass is 9.96. The van der Waals surface area contributed by atoms with Gasteiger partial charge in [0.1, 0.15) is 17.8 Å². The highest BCUT2D eigenvalue weighted by atomic mass is 19.1. The number of alkyl halides is 1. The van der Waals surface area contributed by atoms with Crippen molar-refractivity contribution in [1.29, 1.82) is 0 Å². The predicted molar refractivity (Wildman–Crippen MR) is 151 cm³/mol. The van der Waals surface area contributed by atoms with Gasteiger partial charge in [0.05, 0.1) is 16.7 Å². The highest BCUT2D eigenvalue weighted by Crippen LogP contribution is 2.36. The topological polar surface area (TPSA) is 66.0 Å². The molecule has 2 aromatic carbocycles. The highest BCUT2D eigenvalue weighted by molar-refractivity contribution is 5.91. The third-order valence-corrected chi connectivity index (χ3v) is 8.86. The number of nitrogens with one attached hydrogen (secondary N) is 2. The van der Waals surface area contributed by atoms with E-state index >= 15 is 0 Å². The number of fused-ring (bicyclic) bond motifs is 2. The Morgan fingerprint density at radius 2 is 1.90 bits per heavy atom. The number of aromatic nitrogens is 3. The molecule has 6 nitrogen and oxygen atoms in total. The lowest BCUT2D eigenvalue weighted by Crippen LogP contribution is -2.42. The third-order valence-electron chi connectivity index (χ3n) is 8.86. The maximum atomic E-state index is 14.3. The summed E-state index contributed by atoms with van der Waals surface area (Å²) in [4.78, 5) is 23.7. The number of rotatable bonds is 7. The molecule has 0 saturated carbocycles. The van der Waals surface area contributed by atoms with Crippen LogP contribution in [0.4, 0.5) is 13.2 Å². The number of benzene rings is 2. The molecule has 2 fully saturated rings. The van der Waals surface area contributed by atoms with Crippen molar-refractivity contribution in [2.75, 3.05) is 13.1 Å². The van der Waals surface area contributed by atoms with Gasteiger partial charge in [0.15, 0.2) is 5.82 Å². The molecule has 2 aliphatic heterocycles. The first-order valence-corrected chi connectivity index (χ1v) is 14.3. The number of halogens is 3. The molecule has 2 N–H and O–H groups in total. The number of nitrogens with zero attached hydrogens (tertiary/aromatic N) is 3. The van der Waals surface area contributed by atoms with Crippen molar-refractivity contribution in [2.24, 2.45) is 11.8 Å². The van der Waals surface area contributed by atoms with Gasteiger partial charge in [-0.25, -0.2) is 18.2 Å². The van der Waals surface area contributed by atoms with E-state index in [1.165, 1.54) is 24.3 Å². The standard InChI is InChI=1S/C31H36F3N5O/c1-17(2)18(3)31(40)38-10-4-5-23(38)16-39-28-9-7-20(33)13-27(28)37-30(39)29-25(14-22-11-21(34)15-35-22)24-8-6-19(32)12-26(24)36-29/h6-9,12-13,17-18,21-23,35-36H,4-5,10-11,14-16H2,1-3H3/t18-,21-,22-,23-/m0/s1. The molecule has 4 aromatic rings. The maximum Gasteiger partial charge on any atom is 0.225 e. The average Bonchev–Trinajstić information content (AvgIpc) is 3.70. The molecule has 0 radical (unpaired) electrons. The smallest absolute Gasteiger partial charge is 0.225 e. The summed E-state index contributed by atoms with van der Waals surface area (Å²) < 4.78 is 44.7. The highest BCUT2D eigenvalue weighted by Gasteiger charge is 2.34. The number of imidazole rings is 1. The molecular weight excluding hydrogens is 515 g/mol. The Morgan fingerprint density at radius 1 is 1.12 bits per heavy atom. The first-order valence-electron chi connectivity index (χ1n) is 14.3. The lowest BCUT2D eigenvalue weighted by Gasteiger charge is -2.29. The molecular formula is C31H36F3N5O. The summed E-state index contributed by atoms with van der Waals surface area (Å²) in [5, 5.41) is 4.12. The van der Waals surface area contributed by atoms with E-state index in [9.17, 15) is 18.0 Å². The number of H-pyrrole nitrogens is 1. The molecule has 9 heteroatoms. The van der Waals surface area contributed by atoms with Crippen molar-refractivity contribution >= 4 is 27.8 Å². The molecule has 0 spiro atoms. The number of hydrogen-bond donors (Lipinski definition) is 2. The zero-order chi connectivity index (χ0) is 28.1. The number of carbonyl (C=O) groups is 1. The molecule has 0 bridgehead atoms. The van der Waals surface area contributed by atoms with Crippen LogP contribution in [0.5, 0.6) is 0 Å². The van der Waals surface area contributed by atoms with Crippen molar-refractivity contribution in [3.05, 3.63) is 53.6 Å². The van der Waals surface area contributed by atoms with Crippen molar-refractivity contribution in [3.63, 3.8) is 0 Å². The van der Waals surface area contributed by atoms with Crippen LogP contribution < -0.4 is 5.32 Å². The minimum absolute atomic E-state index is 0.0241. The van der Waals surface area contributed by atoms with Gasteiger partial charge in [-0.05, 0) is 67.5 Å². The fourth-order valence-electron chi connectivity index (χ4n) is 6.35. The fourth-order valence-corrected chi connectivity index (χ4v) is 6.35. The Balaban J connectivity index is 1.46. The second-order valence-corrected chi connectivity index (χ2v) is 11.9. The van der Waals surface area contributed by atoms with Gasteiger partial charge >= 0.3 is 0 Å². The third kappa shape index (κ3) is 4.89. The summed E-state index contributed by atoms with van der Waals surface area (Å²) in [7, 11) is 0. The Morgan fingerprint density at radius 3 is 2.65 bits per heavy atom. The second-order valence-electron chi connectivity index (χ2n) is 11.9. The SMILES string of the molecule is CC(C)[C@H](C)C(=O)N1CCC[C@H]1Cn1c(-c2[nH]c3cc(F)ccc3c2C[C@@H]2C[C@H](F)CN2)nc2cc(F)ccc21. The van der Waals surface area contributed by atoms with Crippen LogP contribution in [0.25, 0.3) is 33.5 Å². The Hall–Kier alpha value is -3.33. The zero-order valence-electron chi connectivity index (χ0n) is 23.2. The van der Waals surface area contributed by atoms with Gasteiger partial charge in [-0.3, -0.25) is 4.79 Å². The number of carbonyl (C=O) groups excluding carboxylic acids is 1. The Kier molecular flexibility index (Phi) is 7.10. The first-order chi connectivity index (χ1) is 19.2. The Labute approximate surface area is 231 Å². The molecule has 212 valence electrons. The molecule has 2 aliphatic rings. The van der Waals surface area contributed by atoms with Crippen LogP contribution in [-0.4, -0.2) is 56.7 Å². The van der Waals surface area contributed by atoms with Crippen molar-refractivity contribution in [2.45, 2.75) is 71.3 Å². The molecule has 0 unspecified atom stereocenters. The van der Waals surface area contributed by atoms with Crippen LogP contribution in [0.15, 0.2) is 36.4 Å². The number of aromatic amines is 1. The quantitative estimate of drug-likeness (QED) is 0.297. The average molecular weight is 552 g/mol. The van der Waals surface area contributed by atoms with Crippen LogP contribution in [0.1, 0.15) is 45.6 Å². The van der Waals surface area contributed by atoms with E-state index in [0.29, 0.717) is 55.0 Å². The Bertz CT molecular complexity index is 1560. The van der Waals surface area contributed by atoms with Gasteiger partial charge in [0.2, 0.25) is 5.91 Å². The fraction of sp³-hybridized carbons (Fsp3) is 0.484. The summed E-state index contributed by atoms with van der Waals surface area (Å²) in [5.41, 5.74) is 3.55. The minimum Gasteiger partial charge on any atom is -0.352 e. The number of amides is 1. The van der Waals surface area contributed by atoms with Gasteiger partial charge in [0.25, 0.3) is 0 Å². The molecule has 0 aliphatic carbocycles. The molecule has 4 heterocycles. The molecule has 4 atom stereocenters. The van der Waals surface area contributed by atoms with Crippen LogP contribution in [0, 0.1) is 23.5 Å². The van der Waals surface area contributed by atoms with Crippen LogP contribution in [-0.2, 0) is 17.8 Å². The summed E-state index contributed by atoms with van der Waals surface area (Å²) in [6, 6.07) is 9.12. The van der Waals surface area contributed by atoms with E-state index in [-0.39, 0.29) is 41.5 Å². The minimum atomic E-state index is -0.900.